The van der Waals surface area contributed by atoms with Gasteiger partial charge in [-0.25, -0.2) is 4.98 Å². The third kappa shape index (κ3) is 1.81. The van der Waals surface area contributed by atoms with Crippen LogP contribution in [0.5, 0.6) is 0 Å². The molecule has 0 fully saturated rings. The Morgan fingerprint density at radius 1 is 1.40 bits per heavy atom. The van der Waals surface area contributed by atoms with Crippen molar-refractivity contribution in [2.75, 3.05) is 0 Å². The number of carbonyl (C=O) groups excluding carboxylic acids is 1. The predicted octanol–water partition coefficient (Wildman–Crippen LogP) is 0.579. The van der Waals surface area contributed by atoms with Crippen molar-refractivity contribution in [3.63, 3.8) is 0 Å². The van der Waals surface area contributed by atoms with Gasteiger partial charge in [-0.3, -0.25) is 9.48 Å². The fourth-order valence-electron chi connectivity index (χ4n) is 1.45. The van der Waals surface area contributed by atoms with Crippen molar-refractivity contribution >= 4 is 5.78 Å². The highest BCUT2D eigenvalue weighted by Gasteiger charge is 2.12. The minimum absolute atomic E-state index is 0.0318. The molecule has 0 radical (unpaired) electrons. The number of carbonyl (C=O) groups is 1. The molecule has 5 nitrogen and oxygen atoms in total. The summed E-state index contributed by atoms with van der Waals surface area (Å²) < 4.78 is 3.42. The minimum atomic E-state index is 0.0318. The van der Waals surface area contributed by atoms with E-state index in [2.05, 4.69) is 10.1 Å². The summed E-state index contributed by atoms with van der Waals surface area (Å²) in [6.07, 6.45) is 5.44. The number of Topliss-reactive ketones (excluding diaryl/α,β-unsaturated/α-hetero) is 1. The van der Waals surface area contributed by atoms with Gasteiger partial charge in [-0.1, -0.05) is 0 Å². The Morgan fingerprint density at radius 3 is 2.73 bits per heavy atom. The number of ketones is 1. The minimum Gasteiger partial charge on any atom is -0.338 e. The maximum atomic E-state index is 11.8. The summed E-state index contributed by atoms with van der Waals surface area (Å²) in [5, 5.41) is 3.96. The van der Waals surface area contributed by atoms with Crippen LogP contribution in [-0.2, 0) is 20.5 Å². The standard InChI is InChI=1S/C10H12N4O/c1-13-6-5-11-10(13)7-9(15)8-3-4-12-14(8)2/h3-6H,7H2,1-2H3. The van der Waals surface area contributed by atoms with E-state index in [9.17, 15) is 4.79 Å². The lowest BCUT2D eigenvalue weighted by molar-refractivity contribution is 0.0981. The van der Waals surface area contributed by atoms with Crippen LogP contribution in [0.25, 0.3) is 0 Å². The molecule has 0 spiro atoms. The van der Waals surface area contributed by atoms with Crippen LogP contribution in [0.1, 0.15) is 16.3 Å². The first kappa shape index (κ1) is 9.64. The van der Waals surface area contributed by atoms with Crippen LogP contribution in [-0.4, -0.2) is 25.1 Å². The molecule has 0 saturated heterocycles. The third-order valence-corrected chi connectivity index (χ3v) is 2.35. The molecule has 0 saturated carbocycles. The van der Waals surface area contributed by atoms with Gasteiger partial charge < -0.3 is 4.57 Å². The number of nitrogens with zero attached hydrogens (tertiary/aromatic N) is 4. The summed E-state index contributed by atoms with van der Waals surface area (Å²) in [5.41, 5.74) is 0.609. The first-order valence-electron chi connectivity index (χ1n) is 4.66. The molecule has 2 heterocycles. The van der Waals surface area contributed by atoms with E-state index >= 15 is 0 Å². The number of aryl methyl sites for hydroxylation is 2. The van der Waals surface area contributed by atoms with Gasteiger partial charge in [0.25, 0.3) is 0 Å². The highest BCUT2D eigenvalue weighted by molar-refractivity contribution is 5.95. The van der Waals surface area contributed by atoms with Crippen molar-refractivity contribution < 1.29 is 4.79 Å². The average molecular weight is 204 g/mol. The van der Waals surface area contributed by atoms with Crippen LogP contribution in [0.15, 0.2) is 24.7 Å². The Balaban J connectivity index is 2.18. The molecule has 0 aliphatic heterocycles. The lowest BCUT2D eigenvalue weighted by Crippen LogP contribution is -2.12. The van der Waals surface area contributed by atoms with E-state index in [-0.39, 0.29) is 5.78 Å². The van der Waals surface area contributed by atoms with E-state index in [4.69, 9.17) is 0 Å². The number of hydrogen-bond acceptors (Lipinski definition) is 3. The molecule has 2 rings (SSSR count). The molecule has 2 aromatic rings. The smallest absolute Gasteiger partial charge is 0.188 e. The van der Waals surface area contributed by atoms with E-state index in [1.807, 2.05) is 17.8 Å². The van der Waals surface area contributed by atoms with Crippen molar-refractivity contribution in [1.82, 2.24) is 19.3 Å². The zero-order valence-corrected chi connectivity index (χ0v) is 8.71. The molecule has 0 unspecified atom stereocenters. The van der Waals surface area contributed by atoms with Gasteiger partial charge in [0.1, 0.15) is 11.5 Å². The molecule has 78 valence electrons. The van der Waals surface area contributed by atoms with E-state index in [0.717, 1.165) is 5.82 Å². The first-order valence-corrected chi connectivity index (χ1v) is 4.66. The van der Waals surface area contributed by atoms with Gasteiger partial charge in [0.2, 0.25) is 0 Å². The average Bonchev–Trinajstić information content (AvgIpc) is 2.76. The van der Waals surface area contributed by atoms with Gasteiger partial charge in [-0.15, -0.1) is 0 Å². The normalized spacial score (nSPS) is 10.5. The fourth-order valence-corrected chi connectivity index (χ4v) is 1.45. The second-order valence-electron chi connectivity index (χ2n) is 3.39. The summed E-state index contributed by atoms with van der Waals surface area (Å²) in [6, 6.07) is 1.71. The van der Waals surface area contributed by atoms with Crippen molar-refractivity contribution in [2.24, 2.45) is 14.1 Å². The largest absolute Gasteiger partial charge is 0.338 e. The predicted molar refractivity (Wildman–Crippen MR) is 54.5 cm³/mol. The van der Waals surface area contributed by atoms with Gasteiger partial charge in [0, 0.05) is 32.7 Å². The Kier molecular flexibility index (Phi) is 2.37. The van der Waals surface area contributed by atoms with E-state index in [1.165, 1.54) is 0 Å². The Labute approximate surface area is 87.4 Å². The van der Waals surface area contributed by atoms with Gasteiger partial charge in [-0.05, 0) is 6.07 Å². The Hall–Kier alpha value is -1.91. The van der Waals surface area contributed by atoms with Crippen molar-refractivity contribution in [3.8, 4) is 0 Å². The van der Waals surface area contributed by atoms with E-state index < -0.39 is 0 Å². The number of rotatable bonds is 3. The quantitative estimate of drug-likeness (QED) is 0.687. The summed E-state index contributed by atoms with van der Waals surface area (Å²) in [5.74, 6) is 0.797. The lowest BCUT2D eigenvalue weighted by Gasteiger charge is -2.01. The Bertz CT molecular complexity index is 483. The van der Waals surface area contributed by atoms with Crippen LogP contribution >= 0.6 is 0 Å². The summed E-state index contributed by atoms with van der Waals surface area (Å²) in [4.78, 5) is 15.9. The highest BCUT2D eigenvalue weighted by Crippen LogP contribution is 2.04. The maximum absolute atomic E-state index is 11.8. The molecule has 0 bridgehead atoms. The molecule has 0 aliphatic carbocycles. The summed E-state index contributed by atoms with van der Waals surface area (Å²) in [6.45, 7) is 0. The van der Waals surface area contributed by atoms with Crippen LogP contribution in [0.4, 0.5) is 0 Å². The molecular formula is C10H12N4O. The zero-order valence-electron chi connectivity index (χ0n) is 8.71. The number of aromatic nitrogens is 4. The first-order chi connectivity index (χ1) is 7.18. The molecule has 2 aromatic heterocycles. The summed E-state index contributed by atoms with van der Waals surface area (Å²) >= 11 is 0. The van der Waals surface area contributed by atoms with E-state index in [0.29, 0.717) is 12.1 Å². The topological polar surface area (TPSA) is 52.7 Å². The molecule has 0 atom stereocenters. The SMILES string of the molecule is Cn1ccnc1CC(=O)c1ccnn1C. The van der Waals surface area contributed by atoms with Gasteiger partial charge in [-0.2, -0.15) is 5.10 Å². The van der Waals surface area contributed by atoms with Crippen molar-refractivity contribution in [1.29, 1.82) is 0 Å². The molecule has 15 heavy (non-hydrogen) atoms. The molecule has 0 N–H and O–H groups in total. The van der Waals surface area contributed by atoms with Crippen LogP contribution in [0.2, 0.25) is 0 Å². The van der Waals surface area contributed by atoms with E-state index in [1.54, 1.807) is 30.2 Å². The van der Waals surface area contributed by atoms with Crippen molar-refractivity contribution in [2.45, 2.75) is 6.42 Å². The number of imidazole rings is 1. The molecule has 0 aliphatic rings. The van der Waals surface area contributed by atoms with Gasteiger partial charge in [0.15, 0.2) is 5.78 Å². The lowest BCUT2D eigenvalue weighted by atomic mass is 10.2. The second kappa shape index (κ2) is 3.68. The van der Waals surface area contributed by atoms with Crippen LogP contribution in [0.3, 0.4) is 0 Å². The second-order valence-corrected chi connectivity index (χ2v) is 3.39. The number of hydrogen-bond donors (Lipinski definition) is 0. The Morgan fingerprint density at radius 2 is 2.20 bits per heavy atom. The van der Waals surface area contributed by atoms with Crippen LogP contribution in [0, 0.1) is 0 Å². The molecule has 0 aromatic carbocycles. The zero-order chi connectivity index (χ0) is 10.8. The van der Waals surface area contributed by atoms with Gasteiger partial charge >= 0.3 is 0 Å². The van der Waals surface area contributed by atoms with Gasteiger partial charge in [0.05, 0.1) is 6.42 Å². The maximum Gasteiger partial charge on any atom is 0.188 e. The molecular weight excluding hydrogens is 192 g/mol. The fraction of sp³-hybridized carbons (Fsp3) is 0.300. The molecule has 5 heteroatoms. The third-order valence-electron chi connectivity index (χ3n) is 2.35. The monoisotopic (exact) mass is 204 g/mol. The molecule has 0 amide bonds. The highest BCUT2D eigenvalue weighted by atomic mass is 16.1. The van der Waals surface area contributed by atoms with Crippen molar-refractivity contribution in [3.05, 3.63) is 36.2 Å². The van der Waals surface area contributed by atoms with Crippen LogP contribution < -0.4 is 0 Å². The summed E-state index contributed by atoms with van der Waals surface area (Å²) in [7, 11) is 3.63.